The standard InChI is InChI=1S/C18H13BrClNO/c1-22-16-8-9-17(20)13(10-16)4-7-15-6-3-12-2-5-14(19)11-18(12)21-15/h2-11H,1H3. The Kier molecular flexibility index (Phi) is 4.46. The molecule has 2 nitrogen and oxygen atoms in total. The minimum absolute atomic E-state index is 0.681. The molecule has 0 fully saturated rings. The molecule has 22 heavy (non-hydrogen) atoms. The highest BCUT2D eigenvalue weighted by atomic mass is 79.9. The number of methoxy groups -OCH3 is 1. The van der Waals surface area contributed by atoms with Crippen molar-refractivity contribution in [3.05, 3.63) is 69.3 Å². The molecular formula is C18H13BrClNO. The van der Waals surface area contributed by atoms with Crippen LogP contribution in [0.2, 0.25) is 5.02 Å². The predicted molar refractivity (Wildman–Crippen MR) is 96.4 cm³/mol. The zero-order valence-electron chi connectivity index (χ0n) is 11.9. The zero-order chi connectivity index (χ0) is 15.5. The summed E-state index contributed by atoms with van der Waals surface area (Å²) in [6.45, 7) is 0. The molecule has 0 saturated heterocycles. The van der Waals surface area contributed by atoms with Crippen LogP contribution in [0.5, 0.6) is 5.75 Å². The van der Waals surface area contributed by atoms with Crippen LogP contribution >= 0.6 is 27.5 Å². The molecule has 0 amide bonds. The third-order valence-corrected chi connectivity index (χ3v) is 4.15. The van der Waals surface area contributed by atoms with Crippen LogP contribution in [0.3, 0.4) is 0 Å². The average molecular weight is 375 g/mol. The first-order valence-electron chi connectivity index (χ1n) is 6.73. The van der Waals surface area contributed by atoms with Crippen LogP contribution in [0, 0.1) is 0 Å². The van der Waals surface area contributed by atoms with Crippen molar-refractivity contribution in [1.82, 2.24) is 4.98 Å². The van der Waals surface area contributed by atoms with E-state index >= 15 is 0 Å². The first-order valence-corrected chi connectivity index (χ1v) is 7.91. The molecule has 4 heteroatoms. The Morgan fingerprint density at radius 1 is 1.05 bits per heavy atom. The van der Waals surface area contributed by atoms with Crippen LogP contribution in [0.4, 0.5) is 0 Å². The normalized spacial score (nSPS) is 11.2. The van der Waals surface area contributed by atoms with E-state index < -0.39 is 0 Å². The van der Waals surface area contributed by atoms with Crippen molar-refractivity contribution < 1.29 is 4.74 Å². The Morgan fingerprint density at radius 3 is 2.68 bits per heavy atom. The van der Waals surface area contributed by atoms with Crippen molar-refractivity contribution in [2.45, 2.75) is 0 Å². The number of fused-ring (bicyclic) bond motifs is 1. The second-order valence-electron chi connectivity index (χ2n) is 4.79. The fourth-order valence-corrected chi connectivity index (χ4v) is 2.68. The predicted octanol–water partition coefficient (Wildman–Crippen LogP) is 5.83. The fraction of sp³-hybridized carbons (Fsp3) is 0.0556. The van der Waals surface area contributed by atoms with Gasteiger partial charge in [-0.25, -0.2) is 4.98 Å². The van der Waals surface area contributed by atoms with E-state index in [9.17, 15) is 0 Å². The van der Waals surface area contributed by atoms with E-state index in [4.69, 9.17) is 16.3 Å². The third kappa shape index (κ3) is 3.32. The fourth-order valence-electron chi connectivity index (χ4n) is 2.15. The average Bonchev–Trinajstić information content (AvgIpc) is 2.53. The van der Waals surface area contributed by atoms with Gasteiger partial charge in [0.1, 0.15) is 5.75 Å². The first-order chi connectivity index (χ1) is 10.7. The molecule has 0 spiro atoms. The van der Waals surface area contributed by atoms with Gasteiger partial charge in [-0.1, -0.05) is 45.7 Å². The van der Waals surface area contributed by atoms with Crippen molar-refractivity contribution in [3.63, 3.8) is 0 Å². The van der Waals surface area contributed by atoms with Gasteiger partial charge in [-0.15, -0.1) is 0 Å². The molecule has 3 aromatic rings. The molecule has 0 radical (unpaired) electrons. The molecule has 1 aromatic heterocycles. The number of hydrogen-bond acceptors (Lipinski definition) is 2. The summed E-state index contributed by atoms with van der Waals surface area (Å²) in [4.78, 5) is 4.63. The number of aromatic nitrogens is 1. The molecule has 0 atom stereocenters. The second-order valence-corrected chi connectivity index (χ2v) is 6.12. The van der Waals surface area contributed by atoms with Crippen LogP contribution < -0.4 is 4.74 Å². The van der Waals surface area contributed by atoms with E-state index in [-0.39, 0.29) is 0 Å². The van der Waals surface area contributed by atoms with Crippen LogP contribution in [0.15, 0.2) is 53.0 Å². The molecule has 0 aliphatic carbocycles. The lowest BCUT2D eigenvalue weighted by molar-refractivity contribution is 0.414. The van der Waals surface area contributed by atoms with Gasteiger partial charge in [0.2, 0.25) is 0 Å². The van der Waals surface area contributed by atoms with Gasteiger partial charge in [0.25, 0.3) is 0 Å². The Balaban J connectivity index is 1.95. The highest BCUT2D eigenvalue weighted by Gasteiger charge is 2.00. The van der Waals surface area contributed by atoms with Crippen molar-refractivity contribution >= 4 is 50.6 Å². The largest absolute Gasteiger partial charge is 0.497 e. The molecule has 2 aromatic carbocycles. The van der Waals surface area contributed by atoms with Gasteiger partial charge in [0, 0.05) is 14.9 Å². The number of pyridine rings is 1. The zero-order valence-corrected chi connectivity index (χ0v) is 14.2. The Labute approximate surface area is 142 Å². The Hall–Kier alpha value is -1.84. The van der Waals surface area contributed by atoms with Gasteiger partial charge < -0.3 is 4.74 Å². The molecule has 0 aliphatic rings. The number of hydrogen-bond donors (Lipinski definition) is 0. The maximum absolute atomic E-state index is 6.20. The maximum Gasteiger partial charge on any atom is 0.119 e. The molecule has 0 aliphatic heterocycles. The van der Waals surface area contributed by atoms with Crippen molar-refractivity contribution in [2.24, 2.45) is 0 Å². The van der Waals surface area contributed by atoms with Crippen molar-refractivity contribution in [2.75, 3.05) is 7.11 Å². The van der Waals surface area contributed by atoms with Gasteiger partial charge >= 0.3 is 0 Å². The topological polar surface area (TPSA) is 22.1 Å². The van der Waals surface area contributed by atoms with E-state index in [2.05, 4.69) is 27.0 Å². The summed E-state index contributed by atoms with van der Waals surface area (Å²) in [6.07, 6.45) is 3.89. The van der Waals surface area contributed by atoms with Crippen molar-refractivity contribution in [3.8, 4) is 5.75 Å². The van der Waals surface area contributed by atoms with Crippen LogP contribution in [0.25, 0.3) is 23.1 Å². The smallest absolute Gasteiger partial charge is 0.119 e. The lowest BCUT2D eigenvalue weighted by atomic mass is 10.1. The number of halogens is 2. The van der Waals surface area contributed by atoms with Gasteiger partial charge in [0.15, 0.2) is 0 Å². The Morgan fingerprint density at radius 2 is 1.86 bits per heavy atom. The molecule has 110 valence electrons. The van der Waals surface area contributed by atoms with Gasteiger partial charge in [-0.05, 0) is 48.0 Å². The summed E-state index contributed by atoms with van der Waals surface area (Å²) >= 11 is 9.67. The second kappa shape index (κ2) is 6.51. The van der Waals surface area contributed by atoms with Crippen molar-refractivity contribution in [1.29, 1.82) is 0 Å². The highest BCUT2D eigenvalue weighted by molar-refractivity contribution is 9.10. The number of benzene rings is 2. The molecule has 0 bridgehead atoms. The summed E-state index contributed by atoms with van der Waals surface area (Å²) < 4.78 is 6.24. The monoisotopic (exact) mass is 373 g/mol. The molecule has 0 unspecified atom stereocenters. The van der Waals surface area contributed by atoms with E-state index in [0.717, 1.165) is 32.4 Å². The molecule has 3 rings (SSSR count). The highest BCUT2D eigenvalue weighted by Crippen LogP contribution is 2.24. The Bertz CT molecular complexity index is 861. The SMILES string of the molecule is COc1ccc(Cl)c(C=Cc2ccc3ccc(Br)cc3n2)c1. The van der Waals surface area contributed by atoms with Crippen LogP contribution in [-0.4, -0.2) is 12.1 Å². The molecule has 1 heterocycles. The summed E-state index contributed by atoms with van der Waals surface area (Å²) in [5, 5.41) is 1.79. The molecule has 0 saturated carbocycles. The van der Waals surface area contributed by atoms with E-state index in [0.29, 0.717) is 5.02 Å². The van der Waals surface area contributed by atoms with Gasteiger partial charge in [-0.3, -0.25) is 0 Å². The molecule has 0 N–H and O–H groups in total. The van der Waals surface area contributed by atoms with Gasteiger partial charge in [-0.2, -0.15) is 0 Å². The first kappa shape index (κ1) is 15.1. The summed E-state index contributed by atoms with van der Waals surface area (Å²) in [6, 6.07) is 15.7. The third-order valence-electron chi connectivity index (χ3n) is 3.31. The summed E-state index contributed by atoms with van der Waals surface area (Å²) in [5.74, 6) is 0.777. The number of rotatable bonds is 3. The minimum Gasteiger partial charge on any atom is -0.497 e. The quantitative estimate of drug-likeness (QED) is 0.575. The lowest BCUT2D eigenvalue weighted by Gasteiger charge is -2.03. The van der Waals surface area contributed by atoms with E-state index in [1.54, 1.807) is 7.11 Å². The summed E-state index contributed by atoms with van der Waals surface area (Å²) in [5.41, 5.74) is 2.73. The molecular weight excluding hydrogens is 362 g/mol. The lowest BCUT2D eigenvalue weighted by Crippen LogP contribution is -1.85. The van der Waals surface area contributed by atoms with E-state index in [1.165, 1.54) is 0 Å². The number of nitrogens with zero attached hydrogens (tertiary/aromatic N) is 1. The van der Waals surface area contributed by atoms with E-state index in [1.807, 2.05) is 54.6 Å². The van der Waals surface area contributed by atoms with Crippen LogP contribution in [0.1, 0.15) is 11.3 Å². The maximum atomic E-state index is 6.20. The van der Waals surface area contributed by atoms with Crippen LogP contribution in [-0.2, 0) is 0 Å². The summed E-state index contributed by atoms with van der Waals surface area (Å²) in [7, 11) is 1.64. The minimum atomic E-state index is 0.681. The number of ether oxygens (including phenoxy) is 1. The van der Waals surface area contributed by atoms with Gasteiger partial charge in [0.05, 0.1) is 18.3 Å².